The summed E-state index contributed by atoms with van der Waals surface area (Å²) in [4.78, 5) is 37.2. The zero-order chi connectivity index (χ0) is 18.7. The summed E-state index contributed by atoms with van der Waals surface area (Å²) < 4.78 is 0. The largest absolute Gasteiger partial charge is 0.339 e. The number of anilines is 1. The van der Waals surface area contributed by atoms with Gasteiger partial charge in [0, 0.05) is 51.6 Å². The molecule has 3 rings (SSSR count). The maximum absolute atomic E-state index is 12.7. The summed E-state index contributed by atoms with van der Waals surface area (Å²) in [5, 5.41) is 2.81. The number of nitrogens with zero attached hydrogens (tertiary/aromatic N) is 5. The SMILES string of the molecule is CCN(C(C)=O)c1nc(CN2CCN(C(=O)[C@@H]3CCCN3C)CC2)cs1. The predicted octanol–water partition coefficient (Wildman–Crippen LogP) is 1.25. The Hall–Kier alpha value is -1.51. The maximum Gasteiger partial charge on any atom is 0.240 e. The van der Waals surface area contributed by atoms with Crippen molar-refractivity contribution < 1.29 is 9.59 Å². The van der Waals surface area contributed by atoms with E-state index < -0.39 is 0 Å². The monoisotopic (exact) mass is 379 g/mol. The standard InChI is InChI=1S/C18H29N5O2S/c1-4-23(14(2)24)18-19-15(13-26-18)12-21-8-10-22(11-9-21)17(25)16-6-5-7-20(16)3/h13,16H,4-12H2,1-3H3/t16-/m0/s1. The van der Waals surface area contributed by atoms with Gasteiger partial charge in [-0.25, -0.2) is 4.98 Å². The molecule has 0 saturated carbocycles. The minimum atomic E-state index is 0.0254. The number of hydrogen-bond donors (Lipinski definition) is 0. The lowest BCUT2D eigenvalue weighted by atomic mass is 10.1. The van der Waals surface area contributed by atoms with Crippen LogP contribution in [0.4, 0.5) is 5.13 Å². The minimum Gasteiger partial charge on any atom is -0.339 e. The summed E-state index contributed by atoms with van der Waals surface area (Å²) in [5.41, 5.74) is 1.00. The van der Waals surface area contributed by atoms with Crippen LogP contribution in [0.25, 0.3) is 0 Å². The molecule has 0 bridgehead atoms. The second-order valence-corrected chi connectivity index (χ2v) is 7.96. The van der Waals surface area contributed by atoms with E-state index in [1.54, 1.807) is 11.8 Å². The quantitative estimate of drug-likeness (QED) is 0.771. The number of hydrogen-bond acceptors (Lipinski definition) is 6. The highest BCUT2D eigenvalue weighted by molar-refractivity contribution is 7.14. The average molecular weight is 380 g/mol. The molecule has 2 saturated heterocycles. The lowest BCUT2D eigenvalue weighted by molar-refractivity contribution is -0.137. The van der Waals surface area contributed by atoms with E-state index in [0.29, 0.717) is 12.5 Å². The number of carbonyl (C=O) groups excluding carboxylic acids is 2. The molecule has 1 aromatic heterocycles. The van der Waals surface area contributed by atoms with Gasteiger partial charge in [-0.05, 0) is 33.4 Å². The number of likely N-dealkylation sites (N-methyl/N-ethyl adjacent to an activating group) is 1. The molecule has 0 aromatic carbocycles. The van der Waals surface area contributed by atoms with Crippen LogP contribution >= 0.6 is 11.3 Å². The van der Waals surface area contributed by atoms with Gasteiger partial charge in [-0.15, -0.1) is 11.3 Å². The molecule has 26 heavy (non-hydrogen) atoms. The van der Waals surface area contributed by atoms with Crippen LogP contribution in [-0.4, -0.2) is 83.9 Å². The van der Waals surface area contributed by atoms with Crippen LogP contribution in [0.1, 0.15) is 32.4 Å². The Morgan fingerprint density at radius 3 is 2.58 bits per heavy atom. The van der Waals surface area contributed by atoms with Gasteiger partial charge in [0.05, 0.1) is 11.7 Å². The van der Waals surface area contributed by atoms with Gasteiger partial charge in [-0.2, -0.15) is 0 Å². The lowest BCUT2D eigenvalue weighted by Crippen LogP contribution is -2.52. The van der Waals surface area contributed by atoms with Gasteiger partial charge in [0.15, 0.2) is 5.13 Å². The molecule has 1 atom stereocenters. The molecule has 2 fully saturated rings. The van der Waals surface area contributed by atoms with Gasteiger partial charge < -0.3 is 4.90 Å². The van der Waals surface area contributed by atoms with Gasteiger partial charge in [0.25, 0.3) is 0 Å². The van der Waals surface area contributed by atoms with Crippen molar-refractivity contribution in [3.8, 4) is 0 Å². The Balaban J connectivity index is 1.50. The van der Waals surface area contributed by atoms with Crippen molar-refractivity contribution in [3.05, 3.63) is 11.1 Å². The zero-order valence-corrected chi connectivity index (χ0v) is 16.8. The highest BCUT2D eigenvalue weighted by atomic mass is 32.1. The van der Waals surface area contributed by atoms with E-state index in [1.807, 2.05) is 24.3 Å². The number of carbonyl (C=O) groups is 2. The van der Waals surface area contributed by atoms with Crippen LogP contribution in [0.3, 0.4) is 0 Å². The van der Waals surface area contributed by atoms with Crippen molar-refractivity contribution >= 4 is 28.3 Å². The number of rotatable bonds is 5. The third kappa shape index (κ3) is 4.24. The first-order chi connectivity index (χ1) is 12.5. The molecule has 0 unspecified atom stereocenters. The van der Waals surface area contributed by atoms with Crippen LogP contribution in [0.15, 0.2) is 5.38 Å². The first-order valence-electron chi connectivity index (χ1n) is 9.43. The number of likely N-dealkylation sites (tertiary alicyclic amines) is 1. The van der Waals surface area contributed by atoms with Crippen LogP contribution in [-0.2, 0) is 16.1 Å². The van der Waals surface area contributed by atoms with E-state index in [2.05, 4.69) is 14.8 Å². The van der Waals surface area contributed by atoms with E-state index >= 15 is 0 Å². The number of thiazole rings is 1. The number of amides is 2. The van der Waals surface area contributed by atoms with Crippen molar-refractivity contribution in [2.24, 2.45) is 0 Å². The molecule has 0 N–H and O–H groups in total. The predicted molar refractivity (Wildman–Crippen MR) is 103 cm³/mol. The van der Waals surface area contributed by atoms with Crippen LogP contribution in [0.2, 0.25) is 0 Å². The molecule has 2 amide bonds. The van der Waals surface area contributed by atoms with Crippen LogP contribution in [0, 0.1) is 0 Å². The second kappa shape index (κ2) is 8.45. The smallest absolute Gasteiger partial charge is 0.240 e. The van der Waals surface area contributed by atoms with Crippen LogP contribution < -0.4 is 4.90 Å². The fourth-order valence-electron chi connectivity index (χ4n) is 3.77. The van der Waals surface area contributed by atoms with Crippen molar-refractivity contribution in [2.75, 3.05) is 51.2 Å². The fraction of sp³-hybridized carbons (Fsp3) is 0.722. The minimum absolute atomic E-state index is 0.0254. The summed E-state index contributed by atoms with van der Waals surface area (Å²) in [6.07, 6.45) is 2.11. The molecule has 0 aliphatic carbocycles. The van der Waals surface area contributed by atoms with Gasteiger partial charge in [-0.1, -0.05) is 0 Å². The summed E-state index contributed by atoms with van der Waals surface area (Å²) in [6.45, 7) is 9.29. The topological polar surface area (TPSA) is 60.0 Å². The van der Waals surface area contributed by atoms with E-state index in [1.165, 1.54) is 11.3 Å². The highest BCUT2D eigenvalue weighted by Crippen LogP contribution is 2.22. The van der Waals surface area contributed by atoms with Crippen molar-refractivity contribution in [3.63, 3.8) is 0 Å². The van der Waals surface area contributed by atoms with Gasteiger partial charge in [0.2, 0.25) is 11.8 Å². The summed E-state index contributed by atoms with van der Waals surface area (Å²) in [5.74, 6) is 0.318. The molecule has 8 heteroatoms. The first-order valence-corrected chi connectivity index (χ1v) is 10.3. The van der Waals surface area contributed by atoms with Gasteiger partial charge in [0.1, 0.15) is 0 Å². The molecule has 1 aromatic rings. The molecule has 0 spiro atoms. The van der Waals surface area contributed by atoms with Crippen LogP contribution in [0.5, 0.6) is 0 Å². The van der Waals surface area contributed by atoms with Gasteiger partial charge in [-0.3, -0.25) is 24.3 Å². The zero-order valence-electron chi connectivity index (χ0n) is 16.0. The third-order valence-corrected chi connectivity index (χ3v) is 6.25. The maximum atomic E-state index is 12.7. The van der Waals surface area contributed by atoms with E-state index in [9.17, 15) is 9.59 Å². The Kier molecular flexibility index (Phi) is 6.26. The molecular formula is C18H29N5O2S. The molecule has 0 radical (unpaired) electrons. The van der Waals surface area contributed by atoms with E-state index in [-0.39, 0.29) is 11.9 Å². The lowest BCUT2D eigenvalue weighted by Gasteiger charge is -2.36. The van der Waals surface area contributed by atoms with E-state index in [0.717, 1.165) is 62.9 Å². The van der Waals surface area contributed by atoms with Crippen molar-refractivity contribution in [1.29, 1.82) is 0 Å². The normalized spacial score (nSPS) is 22.0. The molecule has 7 nitrogen and oxygen atoms in total. The van der Waals surface area contributed by atoms with E-state index in [4.69, 9.17) is 0 Å². The molecule has 2 aliphatic heterocycles. The summed E-state index contributed by atoms with van der Waals surface area (Å²) >= 11 is 1.52. The average Bonchev–Trinajstić information content (AvgIpc) is 3.24. The second-order valence-electron chi connectivity index (χ2n) is 7.12. The Morgan fingerprint density at radius 1 is 1.27 bits per heavy atom. The first kappa shape index (κ1) is 19.3. The molecule has 3 heterocycles. The van der Waals surface area contributed by atoms with Crippen molar-refractivity contribution in [2.45, 2.75) is 39.3 Å². The molecule has 2 aliphatic rings. The summed E-state index contributed by atoms with van der Waals surface area (Å²) in [6, 6.07) is 0.0780. The molecular weight excluding hydrogens is 350 g/mol. The Morgan fingerprint density at radius 2 is 2.00 bits per heavy atom. The highest BCUT2D eigenvalue weighted by Gasteiger charge is 2.32. The number of aromatic nitrogens is 1. The Labute approximate surface area is 159 Å². The molecule has 144 valence electrons. The Bertz CT molecular complexity index is 641. The fourth-order valence-corrected chi connectivity index (χ4v) is 4.70. The summed E-state index contributed by atoms with van der Waals surface area (Å²) in [7, 11) is 2.05. The number of piperazine rings is 1. The third-order valence-electron chi connectivity index (χ3n) is 5.34. The van der Waals surface area contributed by atoms with Gasteiger partial charge >= 0.3 is 0 Å². The van der Waals surface area contributed by atoms with Crippen molar-refractivity contribution in [1.82, 2.24) is 19.7 Å².